The summed E-state index contributed by atoms with van der Waals surface area (Å²) < 4.78 is 6.88. The molecule has 2 aliphatic rings. The van der Waals surface area contributed by atoms with Gasteiger partial charge in [0.25, 0.3) is 0 Å². The van der Waals surface area contributed by atoms with Crippen LogP contribution in [0.15, 0.2) is 54.9 Å². The zero-order chi connectivity index (χ0) is 23.5. The van der Waals surface area contributed by atoms with Crippen LogP contribution in [-0.2, 0) is 22.4 Å². The Morgan fingerprint density at radius 2 is 1.94 bits per heavy atom. The summed E-state index contributed by atoms with van der Waals surface area (Å²) in [6, 6.07) is 13.6. The first-order chi connectivity index (χ1) is 16.5. The van der Waals surface area contributed by atoms with Crippen molar-refractivity contribution in [1.29, 1.82) is 0 Å². The molecule has 0 saturated carbocycles. The number of rotatable bonds is 5. The molecular weight excluding hydrogens is 430 g/mol. The van der Waals surface area contributed by atoms with Crippen molar-refractivity contribution in [2.75, 3.05) is 13.1 Å². The van der Waals surface area contributed by atoms with E-state index in [0.717, 1.165) is 54.7 Å². The third kappa shape index (κ3) is 4.90. The number of benzene rings is 2. The maximum atomic E-state index is 12.8. The van der Waals surface area contributed by atoms with Gasteiger partial charge in [-0.15, -0.1) is 5.10 Å². The van der Waals surface area contributed by atoms with Gasteiger partial charge in [0.2, 0.25) is 5.91 Å². The van der Waals surface area contributed by atoms with Gasteiger partial charge in [-0.25, -0.2) is 9.48 Å². The van der Waals surface area contributed by atoms with E-state index in [1.54, 1.807) is 11.0 Å². The molecule has 2 aliphatic heterocycles. The number of tetrazole rings is 1. The zero-order valence-corrected chi connectivity index (χ0v) is 19.1. The van der Waals surface area contributed by atoms with Crippen LogP contribution < -0.4 is 0 Å². The first-order valence-electron chi connectivity index (χ1n) is 11.7. The van der Waals surface area contributed by atoms with Gasteiger partial charge >= 0.3 is 5.97 Å². The summed E-state index contributed by atoms with van der Waals surface area (Å²) in [7, 11) is 0. The molecule has 1 unspecified atom stereocenters. The number of esters is 1. The normalized spacial score (nSPS) is 18.7. The highest BCUT2D eigenvalue weighted by Gasteiger charge is 2.24. The van der Waals surface area contributed by atoms with Crippen LogP contribution in [0.1, 0.15) is 46.8 Å². The van der Waals surface area contributed by atoms with Gasteiger partial charge in [-0.05, 0) is 71.0 Å². The van der Waals surface area contributed by atoms with Crippen LogP contribution in [0.25, 0.3) is 11.8 Å². The van der Waals surface area contributed by atoms with Crippen LogP contribution >= 0.6 is 0 Å². The molecule has 8 nitrogen and oxygen atoms in total. The summed E-state index contributed by atoms with van der Waals surface area (Å²) in [6.07, 6.45) is 8.90. The smallest absolute Gasteiger partial charge is 0.338 e. The van der Waals surface area contributed by atoms with Crippen molar-refractivity contribution in [3.05, 3.63) is 77.1 Å². The number of hydrogen-bond acceptors (Lipinski definition) is 6. The first-order valence-corrected chi connectivity index (χ1v) is 11.7. The number of fused-ring (bicyclic) bond motifs is 1. The third-order valence-corrected chi connectivity index (χ3v) is 6.52. The molecule has 0 spiro atoms. The number of nitrogens with zero attached hydrogens (tertiary/aromatic N) is 5. The molecule has 34 heavy (non-hydrogen) atoms. The number of carbonyl (C=O) groups is 2. The van der Waals surface area contributed by atoms with Crippen LogP contribution in [-0.4, -0.2) is 56.2 Å². The average Bonchev–Trinajstić information content (AvgIpc) is 3.38. The van der Waals surface area contributed by atoms with Crippen molar-refractivity contribution in [3.8, 4) is 5.69 Å². The largest absolute Gasteiger partial charge is 0.459 e. The number of hydrogen-bond donors (Lipinski definition) is 0. The Bertz CT molecular complexity index is 1200. The van der Waals surface area contributed by atoms with Crippen molar-refractivity contribution in [3.63, 3.8) is 0 Å². The highest BCUT2D eigenvalue weighted by molar-refractivity contribution is 5.92. The predicted octanol–water partition coefficient (Wildman–Crippen LogP) is 3.26. The summed E-state index contributed by atoms with van der Waals surface area (Å²) in [5.41, 5.74) is 4.67. The molecule has 1 atom stereocenters. The van der Waals surface area contributed by atoms with Gasteiger partial charge in [0.15, 0.2) is 0 Å². The fourth-order valence-electron chi connectivity index (χ4n) is 4.60. The topological polar surface area (TPSA) is 90.2 Å². The van der Waals surface area contributed by atoms with Gasteiger partial charge in [0.1, 0.15) is 12.4 Å². The van der Waals surface area contributed by atoms with Crippen LogP contribution in [0, 0.1) is 5.92 Å². The lowest BCUT2D eigenvalue weighted by molar-refractivity contribution is -0.131. The lowest BCUT2D eigenvalue weighted by Crippen LogP contribution is -2.39. The van der Waals surface area contributed by atoms with Crippen LogP contribution in [0.3, 0.4) is 0 Å². The number of ether oxygens (including phenoxy) is 1. The minimum absolute atomic E-state index is 0.0787. The molecule has 2 aromatic carbocycles. The maximum absolute atomic E-state index is 12.8. The first kappa shape index (κ1) is 22.0. The van der Waals surface area contributed by atoms with Gasteiger partial charge < -0.3 is 9.64 Å². The second-order valence-electron chi connectivity index (χ2n) is 9.01. The Kier molecular flexibility index (Phi) is 6.20. The number of carbonyl (C=O) groups excluding carboxylic acids is 2. The molecule has 3 heterocycles. The molecule has 8 heteroatoms. The van der Waals surface area contributed by atoms with E-state index >= 15 is 0 Å². The Labute approximate surface area is 198 Å². The van der Waals surface area contributed by atoms with E-state index in [2.05, 4.69) is 33.7 Å². The second-order valence-corrected chi connectivity index (χ2v) is 9.01. The average molecular weight is 458 g/mol. The summed E-state index contributed by atoms with van der Waals surface area (Å²) in [4.78, 5) is 26.7. The second kappa shape index (κ2) is 9.59. The van der Waals surface area contributed by atoms with Crippen molar-refractivity contribution < 1.29 is 14.3 Å². The zero-order valence-electron chi connectivity index (χ0n) is 19.1. The van der Waals surface area contributed by atoms with Crippen molar-refractivity contribution in [2.45, 2.75) is 38.7 Å². The minimum Gasteiger partial charge on any atom is -0.459 e. The van der Waals surface area contributed by atoms with Gasteiger partial charge in [0, 0.05) is 19.5 Å². The lowest BCUT2D eigenvalue weighted by atomic mass is 9.93. The Hall–Kier alpha value is -3.81. The molecule has 0 bridgehead atoms. The number of piperidine rings is 1. The molecule has 0 radical (unpaired) electrons. The van der Waals surface area contributed by atoms with E-state index in [-0.39, 0.29) is 18.0 Å². The molecule has 3 aromatic rings. The molecule has 0 aliphatic carbocycles. The summed E-state index contributed by atoms with van der Waals surface area (Å²) in [5.74, 6) is 0.373. The monoisotopic (exact) mass is 457 g/mol. The number of amides is 1. The third-order valence-electron chi connectivity index (χ3n) is 6.52. The SMILES string of the molecule is CC1Cc2cc(/C=C/C3CCN(C(=O)Cc4ccc(-n5cnnn5)cc4)CC3)ccc2C(=O)O1. The van der Waals surface area contributed by atoms with Gasteiger partial charge in [0.05, 0.1) is 17.7 Å². The number of aromatic nitrogens is 4. The van der Waals surface area contributed by atoms with Crippen molar-refractivity contribution in [1.82, 2.24) is 25.1 Å². The quantitative estimate of drug-likeness (QED) is 0.547. The predicted molar refractivity (Wildman–Crippen MR) is 126 cm³/mol. The Morgan fingerprint density at radius 3 is 2.68 bits per heavy atom. The maximum Gasteiger partial charge on any atom is 0.338 e. The van der Waals surface area contributed by atoms with Gasteiger partial charge in [-0.3, -0.25) is 4.79 Å². The van der Waals surface area contributed by atoms with E-state index in [0.29, 0.717) is 17.9 Å². The standard InChI is InChI=1S/C26H27N5O3/c1-18-14-22-15-20(6-9-24(22)26(33)34-18)3-2-19-10-12-30(13-11-19)25(32)16-21-4-7-23(8-5-21)31-17-27-28-29-31/h2-9,15,17-19H,10-14,16H2,1H3/b3-2+. The minimum atomic E-state index is -0.232. The summed E-state index contributed by atoms with van der Waals surface area (Å²) in [6.45, 7) is 3.46. The highest BCUT2D eigenvalue weighted by Crippen LogP contribution is 2.24. The van der Waals surface area contributed by atoms with Crippen molar-refractivity contribution in [2.24, 2.45) is 5.92 Å². The molecule has 1 aromatic heterocycles. The number of allylic oxidation sites excluding steroid dienone is 1. The fraction of sp³-hybridized carbons (Fsp3) is 0.346. The molecule has 1 saturated heterocycles. The Morgan fingerprint density at radius 1 is 1.15 bits per heavy atom. The van der Waals surface area contributed by atoms with E-state index in [9.17, 15) is 9.59 Å². The molecule has 5 rings (SSSR count). The van der Waals surface area contributed by atoms with Crippen LogP contribution in [0.2, 0.25) is 0 Å². The summed E-state index contributed by atoms with van der Waals surface area (Å²) in [5, 5.41) is 11.2. The summed E-state index contributed by atoms with van der Waals surface area (Å²) >= 11 is 0. The number of cyclic esters (lactones) is 1. The molecule has 174 valence electrons. The Balaban J connectivity index is 1.13. The number of likely N-dealkylation sites (tertiary alicyclic amines) is 1. The van der Waals surface area contributed by atoms with Gasteiger partial charge in [-0.1, -0.05) is 36.4 Å². The van der Waals surface area contributed by atoms with E-state index in [1.807, 2.05) is 48.2 Å². The molecule has 1 fully saturated rings. The van der Waals surface area contributed by atoms with E-state index < -0.39 is 0 Å². The highest BCUT2D eigenvalue weighted by atomic mass is 16.5. The molecule has 0 N–H and O–H groups in total. The molecular formula is C26H27N5O3. The van der Waals surface area contributed by atoms with Gasteiger partial charge in [-0.2, -0.15) is 0 Å². The fourth-order valence-corrected chi connectivity index (χ4v) is 4.60. The van der Waals surface area contributed by atoms with Crippen molar-refractivity contribution >= 4 is 18.0 Å². The lowest BCUT2D eigenvalue weighted by Gasteiger charge is -2.31. The van der Waals surface area contributed by atoms with Crippen LogP contribution in [0.4, 0.5) is 0 Å². The van der Waals surface area contributed by atoms with Crippen LogP contribution in [0.5, 0.6) is 0 Å². The van der Waals surface area contributed by atoms with E-state index in [1.165, 1.54) is 0 Å². The van der Waals surface area contributed by atoms with E-state index in [4.69, 9.17) is 4.74 Å². The molecule has 1 amide bonds.